The first-order chi connectivity index (χ1) is 7.20. The molecule has 2 heterocycles. The second-order valence-corrected chi connectivity index (χ2v) is 3.21. The van der Waals surface area contributed by atoms with E-state index in [0.717, 1.165) is 16.6 Å². The van der Waals surface area contributed by atoms with E-state index in [2.05, 4.69) is 9.97 Å². The van der Waals surface area contributed by atoms with Crippen LogP contribution in [-0.2, 0) is 11.2 Å². The molecule has 0 atom stereocenters. The zero-order valence-electron chi connectivity index (χ0n) is 8.28. The summed E-state index contributed by atoms with van der Waals surface area (Å²) >= 11 is 0. The first-order valence-corrected chi connectivity index (χ1v) is 4.50. The Balaban J connectivity index is 2.51. The Morgan fingerprint density at radius 3 is 3.07 bits per heavy atom. The lowest BCUT2D eigenvalue weighted by molar-refractivity contribution is -0.117. The molecular formula is C10H11N3O2. The van der Waals surface area contributed by atoms with Crippen LogP contribution in [0.2, 0.25) is 0 Å². The Bertz CT molecular complexity index is 504. The van der Waals surface area contributed by atoms with Crippen molar-refractivity contribution in [3.63, 3.8) is 0 Å². The Hall–Kier alpha value is -2.04. The Kier molecular flexibility index (Phi) is 2.29. The SMILES string of the molecule is COc1ccc2[nH]cc(CC(N)=O)c2n1. The van der Waals surface area contributed by atoms with Crippen LogP contribution in [0.15, 0.2) is 18.3 Å². The van der Waals surface area contributed by atoms with Crippen molar-refractivity contribution in [3.05, 3.63) is 23.9 Å². The van der Waals surface area contributed by atoms with E-state index >= 15 is 0 Å². The van der Waals surface area contributed by atoms with Crippen LogP contribution < -0.4 is 10.5 Å². The van der Waals surface area contributed by atoms with E-state index in [1.54, 1.807) is 19.4 Å². The smallest absolute Gasteiger partial charge is 0.221 e. The van der Waals surface area contributed by atoms with Gasteiger partial charge in [-0.15, -0.1) is 0 Å². The van der Waals surface area contributed by atoms with Gasteiger partial charge in [0, 0.05) is 17.8 Å². The monoisotopic (exact) mass is 205 g/mol. The largest absolute Gasteiger partial charge is 0.481 e. The van der Waals surface area contributed by atoms with Crippen molar-refractivity contribution < 1.29 is 9.53 Å². The molecule has 0 aliphatic carbocycles. The van der Waals surface area contributed by atoms with E-state index in [-0.39, 0.29) is 12.3 Å². The molecule has 0 unspecified atom stereocenters. The van der Waals surface area contributed by atoms with Crippen LogP contribution in [0.3, 0.4) is 0 Å². The van der Waals surface area contributed by atoms with Crippen molar-refractivity contribution in [1.82, 2.24) is 9.97 Å². The lowest BCUT2D eigenvalue weighted by Gasteiger charge is -1.99. The Morgan fingerprint density at radius 1 is 1.60 bits per heavy atom. The van der Waals surface area contributed by atoms with Crippen molar-refractivity contribution in [1.29, 1.82) is 0 Å². The Labute approximate surface area is 86.3 Å². The summed E-state index contributed by atoms with van der Waals surface area (Å²) in [7, 11) is 1.55. The van der Waals surface area contributed by atoms with Crippen molar-refractivity contribution in [2.45, 2.75) is 6.42 Å². The fourth-order valence-corrected chi connectivity index (χ4v) is 1.47. The van der Waals surface area contributed by atoms with Gasteiger partial charge in [0.25, 0.3) is 0 Å². The number of primary amides is 1. The van der Waals surface area contributed by atoms with Crippen molar-refractivity contribution in [2.24, 2.45) is 5.73 Å². The standard InChI is InChI=1S/C10H11N3O2/c1-15-9-3-2-7-10(13-9)6(5-12-7)4-8(11)14/h2-3,5,12H,4H2,1H3,(H2,11,14). The molecule has 0 spiro atoms. The molecule has 0 saturated carbocycles. The number of fused-ring (bicyclic) bond motifs is 1. The number of aromatic amines is 1. The summed E-state index contributed by atoms with van der Waals surface area (Å²) in [4.78, 5) is 18.1. The van der Waals surface area contributed by atoms with Crippen LogP contribution in [0, 0.1) is 0 Å². The van der Waals surface area contributed by atoms with E-state index in [4.69, 9.17) is 10.5 Å². The van der Waals surface area contributed by atoms with Gasteiger partial charge in [0.1, 0.15) is 0 Å². The lowest BCUT2D eigenvalue weighted by atomic mass is 10.2. The number of rotatable bonds is 3. The molecule has 78 valence electrons. The third-order valence-corrected chi connectivity index (χ3v) is 2.15. The number of aromatic nitrogens is 2. The van der Waals surface area contributed by atoms with Gasteiger partial charge in [-0.2, -0.15) is 0 Å². The molecule has 5 heteroatoms. The summed E-state index contributed by atoms with van der Waals surface area (Å²) in [6.07, 6.45) is 1.92. The van der Waals surface area contributed by atoms with Gasteiger partial charge in [-0.25, -0.2) is 4.98 Å². The molecular weight excluding hydrogens is 194 g/mol. The topological polar surface area (TPSA) is 81.0 Å². The molecule has 0 fully saturated rings. The van der Waals surface area contributed by atoms with E-state index in [0.29, 0.717) is 5.88 Å². The molecule has 1 amide bonds. The summed E-state index contributed by atoms with van der Waals surface area (Å²) in [5.41, 5.74) is 7.52. The maximum atomic E-state index is 10.8. The minimum absolute atomic E-state index is 0.181. The van der Waals surface area contributed by atoms with Gasteiger partial charge in [-0.1, -0.05) is 0 Å². The predicted octanol–water partition coefficient (Wildman–Crippen LogP) is 0.599. The van der Waals surface area contributed by atoms with Gasteiger partial charge in [0.15, 0.2) is 0 Å². The van der Waals surface area contributed by atoms with Gasteiger partial charge in [0.2, 0.25) is 11.8 Å². The number of pyridine rings is 1. The van der Waals surface area contributed by atoms with Crippen LogP contribution >= 0.6 is 0 Å². The summed E-state index contributed by atoms with van der Waals surface area (Å²) in [5, 5.41) is 0. The summed E-state index contributed by atoms with van der Waals surface area (Å²) < 4.78 is 5.01. The van der Waals surface area contributed by atoms with E-state index < -0.39 is 0 Å². The van der Waals surface area contributed by atoms with Gasteiger partial charge in [-0.05, 0) is 6.07 Å². The van der Waals surface area contributed by atoms with Crippen LogP contribution in [-0.4, -0.2) is 23.0 Å². The minimum Gasteiger partial charge on any atom is -0.481 e. The van der Waals surface area contributed by atoms with Gasteiger partial charge in [0.05, 0.1) is 24.6 Å². The summed E-state index contributed by atoms with van der Waals surface area (Å²) in [6.45, 7) is 0. The molecule has 0 radical (unpaired) electrons. The number of ether oxygens (including phenoxy) is 1. The van der Waals surface area contributed by atoms with E-state index in [1.165, 1.54) is 0 Å². The molecule has 3 N–H and O–H groups in total. The highest BCUT2D eigenvalue weighted by Crippen LogP contribution is 2.19. The fraction of sp³-hybridized carbons (Fsp3) is 0.200. The van der Waals surface area contributed by atoms with E-state index in [9.17, 15) is 4.79 Å². The number of hydrogen-bond donors (Lipinski definition) is 2. The minimum atomic E-state index is -0.375. The molecule has 0 aliphatic heterocycles. The zero-order chi connectivity index (χ0) is 10.8. The fourth-order valence-electron chi connectivity index (χ4n) is 1.47. The average molecular weight is 205 g/mol. The molecule has 2 rings (SSSR count). The van der Waals surface area contributed by atoms with Crippen molar-refractivity contribution >= 4 is 16.9 Å². The van der Waals surface area contributed by atoms with E-state index in [1.807, 2.05) is 6.07 Å². The highest BCUT2D eigenvalue weighted by Gasteiger charge is 2.08. The number of carbonyl (C=O) groups is 1. The van der Waals surface area contributed by atoms with Crippen LogP contribution in [0.1, 0.15) is 5.56 Å². The molecule has 0 bridgehead atoms. The number of amides is 1. The van der Waals surface area contributed by atoms with Gasteiger partial charge >= 0.3 is 0 Å². The normalized spacial score (nSPS) is 10.5. The molecule has 0 aromatic carbocycles. The van der Waals surface area contributed by atoms with Crippen molar-refractivity contribution in [2.75, 3.05) is 7.11 Å². The van der Waals surface area contributed by atoms with Crippen molar-refractivity contribution in [3.8, 4) is 5.88 Å². The number of nitrogens with two attached hydrogens (primary N) is 1. The van der Waals surface area contributed by atoms with Gasteiger partial charge < -0.3 is 15.5 Å². The molecule has 0 aliphatic rings. The summed E-state index contributed by atoms with van der Waals surface area (Å²) in [6, 6.07) is 3.61. The maximum Gasteiger partial charge on any atom is 0.221 e. The number of nitrogens with one attached hydrogen (secondary N) is 1. The highest BCUT2D eigenvalue weighted by atomic mass is 16.5. The van der Waals surface area contributed by atoms with Crippen LogP contribution in [0.5, 0.6) is 5.88 Å². The number of nitrogens with zero attached hydrogens (tertiary/aromatic N) is 1. The number of hydrogen-bond acceptors (Lipinski definition) is 3. The zero-order valence-corrected chi connectivity index (χ0v) is 8.28. The van der Waals surface area contributed by atoms with Crippen LogP contribution in [0.4, 0.5) is 0 Å². The lowest BCUT2D eigenvalue weighted by Crippen LogP contribution is -2.13. The number of methoxy groups -OCH3 is 1. The average Bonchev–Trinajstić information content (AvgIpc) is 2.60. The third kappa shape index (κ3) is 1.76. The number of H-pyrrole nitrogens is 1. The molecule has 15 heavy (non-hydrogen) atoms. The maximum absolute atomic E-state index is 10.8. The first kappa shape index (κ1) is 9.51. The number of carbonyl (C=O) groups excluding carboxylic acids is 1. The second kappa shape index (κ2) is 3.61. The molecule has 5 nitrogen and oxygen atoms in total. The third-order valence-electron chi connectivity index (χ3n) is 2.15. The summed E-state index contributed by atoms with van der Waals surface area (Å²) in [5.74, 6) is 0.147. The predicted molar refractivity (Wildman–Crippen MR) is 55.5 cm³/mol. The van der Waals surface area contributed by atoms with Crippen LogP contribution in [0.25, 0.3) is 11.0 Å². The highest BCUT2D eigenvalue weighted by molar-refractivity contribution is 5.85. The molecule has 0 saturated heterocycles. The molecule has 2 aromatic rings. The second-order valence-electron chi connectivity index (χ2n) is 3.21. The first-order valence-electron chi connectivity index (χ1n) is 4.50. The Morgan fingerprint density at radius 2 is 2.40 bits per heavy atom. The quantitative estimate of drug-likeness (QED) is 0.769. The molecule has 2 aromatic heterocycles. The van der Waals surface area contributed by atoms with Gasteiger partial charge in [-0.3, -0.25) is 4.79 Å².